The number of hydrogen-bond acceptors (Lipinski definition) is 3. The number of ether oxygens (including phenoxy) is 1. The number of benzene rings is 2. The molecule has 2 aromatic rings. The first kappa shape index (κ1) is 13.3. The average molecular weight is 276 g/mol. The van der Waals surface area contributed by atoms with Crippen LogP contribution in [0.25, 0.3) is 0 Å². The van der Waals surface area contributed by atoms with Crippen molar-refractivity contribution < 1.29 is 9.13 Å². The van der Waals surface area contributed by atoms with Gasteiger partial charge < -0.3 is 15.8 Å². The third-order valence-electron chi connectivity index (χ3n) is 2.59. The lowest BCUT2D eigenvalue weighted by Crippen LogP contribution is -2.11. The molecule has 3 nitrogen and oxygen atoms in total. The fraction of sp³-hybridized carbons (Fsp3) is 0.0714. The van der Waals surface area contributed by atoms with Crippen molar-refractivity contribution in [1.82, 2.24) is 0 Å². The van der Waals surface area contributed by atoms with Crippen molar-refractivity contribution in [2.45, 2.75) is 0 Å². The van der Waals surface area contributed by atoms with Crippen LogP contribution < -0.4 is 15.8 Å². The smallest absolute Gasteiger partial charge is 0.135 e. The summed E-state index contributed by atoms with van der Waals surface area (Å²) in [5.74, 6) is 0.283. The molecule has 0 aliphatic carbocycles. The van der Waals surface area contributed by atoms with Gasteiger partial charge in [0.2, 0.25) is 0 Å². The van der Waals surface area contributed by atoms with Crippen LogP contribution >= 0.6 is 12.2 Å². The van der Waals surface area contributed by atoms with Crippen LogP contribution in [-0.4, -0.2) is 12.1 Å². The normalized spacial score (nSPS) is 10.0. The first-order valence-corrected chi connectivity index (χ1v) is 6.01. The van der Waals surface area contributed by atoms with E-state index in [2.05, 4.69) is 5.32 Å². The maximum Gasteiger partial charge on any atom is 0.135 e. The lowest BCUT2D eigenvalue weighted by molar-refractivity contribution is 0.415. The molecule has 5 heteroatoms. The summed E-state index contributed by atoms with van der Waals surface area (Å²) >= 11 is 4.76. The van der Waals surface area contributed by atoms with Gasteiger partial charge in [-0.15, -0.1) is 0 Å². The van der Waals surface area contributed by atoms with Crippen LogP contribution in [0.3, 0.4) is 0 Å². The fourth-order valence-electron chi connectivity index (χ4n) is 1.66. The van der Waals surface area contributed by atoms with Crippen molar-refractivity contribution in [2.24, 2.45) is 5.73 Å². The van der Waals surface area contributed by atoms with E-state index in [0.29, 0.717) is 5.69 Å². The van der Waals surface area contributed by atoms with E-state index >= 15 is 0 Å². The van der Waals surface area contributed by atoms with Crippen LogP contribution in [0.1, 0.15) is 5.56 Å². The Kier molecular flexibility index (Phi) is 3.97. The summed E-state index contributed by atoms with van der Waals surface area (Å²) < 4.78 is 18.8. The highest BCUT2D eigenvalue weighted by Crippen LogP contribution is 2.22. The van der Waals surface area contributed by atoms with Gasteiger partial charge in [-0.3, -0.25) is 0 Å². The summed E-state index contributed by atoms with van der Waals surface area (Å²) in [4.78, 5) is 0.0467. The summed E-state index contributed by atoms with van der Waals surface area (Å²) in [5, 5.41) is 3.08. The molecule has 2 aromatic carbocycles. The second-order valence-electron chi connectivity index (χ2n) is 3.92. The van der Waals surface area contributed by atoms with E-state index in [1.807, 2.05) is 24.3 Å². The molecule has 0 aliphatic heterocycles. The molecule has 0 aliphatic rings. The molecule has 0 atom stereocenters. The molecule has 0 amide bonds. The quantitative estimate of drug-likeness (QED) is 0.842. The Hall–Kier alpha value is -2.14. The number of halogens is 1. The number of methoxy groups -OCH3 is 1. The maximum atomic E-state index is 13.7. The molecule has 2 rings (SSSR count). The standard InChI is InChI=1S/C14H13FN2OS/c1-18-11-4-2-3-9(7-11)17-10-5-6-12(14(16)19)13(15)8-10/h2-8,17H,1H3,(H2,16,19). The van der Waals surface area contributed by atoms with E-state index in [9.17, 15) is 4.39 Å². The van der Waals surface area contributed by atoms with Crippen molar-refractivity contribution in [3.63, 3.8) is 0 Å². The molecule has 98 valence electrons. The zero-order valence-corrected chi connectivity index (χ0v) is 11.1. The molecule has 0 fully saturated rings. The van der Waals surface area contributed by atoms with E-state index in [-0.39, 0.29) is 10.6 Å². The van der Waals surface area contributed by atoms with Gasteiger partial charge in [0.15, 0.2) is 0 Å². The summed E-state index contributed by atoms with van der Waals surface area (Å²) in [6.07, 6.45) is 0. The van der Waals surface area contributed by atoms with Crippen LogP contribution in [0.5, 0.6) is 5.75 Å². The van der Waals surface area contributed by atoms with Gasteiger partial charge in [-0.2, -0.15) is 0 Å². The summed E-state index contributed by atoms with van der Waals surface area (Å²) in [7, 11) is 1.59. The highest BCUT2D eigenvalue weighted by Gasteiger charge is 2.06. The molecule has 0 saturated carbocycles. The van der Waals surface area contributed by atoms with E-state index in [1.165, 1.54) is 6.07 Å². The van der Waals surface area contributed by atoms with Gasteiger partial charge in [0.25, 0.3) is 0 Å². The van der Waals surface area contributed by atoms with Crippen molar-refractivity contribution in [3.8, 4) is 5.75 Å². The Balaban J connectivity index is 2.23. The van der Waals surface area contributed by atoms with Crippen molar-refractivity contribution in [2.75, 3.05) is 12.4 Å². The highest BCUT2D eigenvalue weighted by atomic mass is 32.1. The number of nitrogens with one attached hydrogen (secondary N) is 1. The molecule has 0 aromatic heterocycles. The summed E-state index contributed by atoms with van der Waals surface area (Å²) in [6, 6.07) is 12.0. The zero-order chi connectivity index (χ0) is 13.8. The Labute approximate surface area is 116 Å². The molecular formula is C14H13FN2OS. The monoisotopic (exact) mass is 276 g/mol. The van der Waals surface area contributed by atoms with Crippen LogP contribution in [0.15, 0.2) is 42.5 Å². The molecule has 3 N–H and O–H groups in total. The van der Waals surface area contributed by atoms with Gasteiger partial charge in [-0.05, 0) is 30.3 Å². The zero-order valence-electron chi connectivity index (χ0n) is 10.3. The number of hydrogen-bond donors (Lipinski definition) is 2. The van der Waals surface area contributed by atoms with Crippen molar-refractivity contribution >= 4 is 28.6 Å². The van der Waals surface area contributed by atoms with Gasteiger partial charge in [0.05, 0.1) is 7.11 Å². The minimum Gasteiger partial charge on any atom is -0.497 e. The SMILES string of the molecule is COc1cccc(Nc2ccc(C(N)=S)c(F)c2)c1. The van der Waals surface area contributed by atoms with E-state index < -0.39 is 5.82 Å². The van der Waals surface area contributed by atoms with Gasteiger partial charge in [-0.1, -0.05) is 18.3 Å². The van der Waals surface area contributed by atoms with E-state index in [1.54, 1.807) is 19.2 Å². The first-order valence-electron chi connectivity index (χ1n) is 5.60. The number of rotatable bonds is 4. The Morgan fingerprint density at radius 2 is 1.95 bits per heavy atom. The van der Waals surface area contributed by atoms with E-state index in [0.717, 1.165) is 11.4 Å². The Bertz CT molecular complexity index is 616. The van der Waals surface area contributed by atoms with Gasteiger partial charge in [-0.25, -0.2) is 4.39 Å². The number of nitrogens with two attached hydrogens (primary N) is 1. The summed E-state index contributed by atoms with van der Waals surface area (Å²) in [6.45, 7) is 0. The molecule has 0 spiro atoms. The van der Waals surface area contributed by atoms with Crippen molar-refractivity contribution in [3.05, 3.63) is 53.8 Å². The van der Waals surface area contributed by atoms with Gasteiger partial charge in [0, 0.05) is 23.0 Å². The second kappa shape index (κ2) is 5.67. The van der Waals surface area contributed by atoms with E-state index in [4.69, 9.17) is 22.7 Å². The molecule has 0 unspecified atom stereocenters. The molecule has 0 bridgehead atoms. The predicted octanol–water partition coefficient (Wildman–Crippen LogP) is 3.21. The van der Waals surface area contributed by atoms with Crippen molar-refractivity contribution in [1.29, 1.82) is 0 Å². The lowest BCUT2D eigenvalue weighted by atomic mass is 10.2. The number of thiocarbonyl (C=S) groups is 1. The Morgan fingerprint density at radius 1 is 1.21 bits per heavy atom. The molecule has 19 heavy (non-hydrogen) atoms. The van der Waals surface area contributed by atoms with Crippen LogP contribution in [0, 0.1) is 5.82 Å². The number of anilines is 2. The van der Waals surface area contributed by atoms with Gasteiger partial charge >= 0.3 is 0 Å². The van der Waals surface area contributed by atoms with Crippen LogP contribution in [0.2, 0.25) is 0 Å². The largest absolute Gasteiger partial charge is 0.497 e. The third-order valence-corrected chi connectivity index (χ3v) is 2.81. The maximum absolute atomic E-state index is 13.7. The third kappa shape index (κ3) is 3.20. The minimum absolute atomic E-state index is 0.0467. The summed E-state index contributed by atoms with van der Waals surface area (Å²) in [5.41, 5.74) is 7.08. The first-order chi connectivity index (χ1) is 9.10. The minimum atomic E-state index is -0.444. The molecule has 0 heterocycles. The fourth-order valence-corrected chi connectivity index (χ4v) is 1.83. The topological polar surface area (TPSA) is 47.3 Å². The predicted molar refractivity (Wildman–Crippen MR) is 78.6 cm³/mol. The Morgan fingerprint density at radius 3 is 2.58 bits per heavy atom. The highest BCUT2D eigenvalue weighted by molar-refractivity contribution is 7.80. The molecule has 0 radical (unpaired) electrons. The van der Waals surface area contributed by atoms with Gasteiger partial charge in [0.1, 0.15) is 16.6 Å². The second-order valence-corrected chi connectivity index (χ2v) is 4.36. The molecular weight excluding hydrogens is 263 g/mol. The average Bonchev–Trinajstić information content (AvgIpc) is 2.38. The van der Waals surface area contributed by atoms with Crippen LogP contribution in [0.4, 0.5) is 15.8 Å². The lowest BCUT2D eigenvalue weighted by Gasteiger charge is -2.09. The van der Waals surface area contributed by atoms with Crippen LogP contribution in [-0.2, 0) is 0 Å². The molecule has 0 saturated heterocycles.